The minimum atomic E-state index is -0.488. The van der Waals surface area contributed by atoms with E-state index in [1.165, 1.54) is 6.08 Å². The maximum atomic E-state index is 11.1. The fraction of sp³-hybridized carbons (Fsp3) is 0.400. The van der Waals surface area contributed by atoms with Gasteiger partial charge in [0.2, 0.25) is 0 Å². The summed E-state index contributed by atoms with van der Waals surface area (Å²) in [6, 6.07) is 5.14. The van der Waals surface area contributed by atoms with Gasteiger partial charge in [0.05, 0.1) is 19.8 Å². The highest BCUT2D eigenvalue weighted by Crippen LogP contribution is 2.20. The number of aliphatic hydroxyl groups excluding tert-OH is 2. The minimum absolute atomic E-state index is 0.0793. The van der Waals surface area contributed by atoms with Gasteiger partial charge in [0, 0.05) is 12.1 Å². The molecule has 0 radical (unpaired) electrons. The summed E-state index contributed by atoms with van der Waals surface area (Å²) in [7, 11) is 0. The van der Waals surface area contributed by atoms with Crippen LogP contribution in [0.1, 0.15) is 17.5 Å². The number of benzene rings is 1. The van der Waals surface area contributed by atoms with Gasteiger partial charge in [0.1, 0.15) is 12.4 Å². The van der Waals surface area contributed by atoms with Crippen molar-refractivity contribution >= 4 is 6.09 Å². The number of hydrogen-bond acceptors (Lipinski definition) is 5. The average molecular weight is 295 g/mol. The molecule has 0 unspecified atom stereocenters. The molecular weight excluding hydrogens is 274 g/mol. The molecule has 3 N–H and O–H groups in total. The van der Waals surface area contributed by atoms with Crippen molar-refractivity contribution in [3.05, 3.63) is 42.0 Å². The van der Waals surface area contributed by atoms with Gasteiger partial charge in [0.25, 0.3) is 0 Å². The molecule has 0 aliphatic rings. The van der Waals surface area contributed by atoms with E-state index in [1.54, 1.807) is 18.2 Å². The molecule has 0 heterocycles. The van der Waals surface area contributed by atoms with E-state index < -0.39 is 6.09 Å². The van der Waals surface area contributed by atoms with Crippen LogP contribution in [-0.2, 0) is 18.0 Å². The summed E-state index contributed by atoms with van der Waals surface area (Å²) in [5.74, 6) is 0.573. The van der Waals surface area contributed by atoms with E-state index >= 15 is 0 Å². The molecule has 1 amide bonds. The van der Waals surface area contributed by atoms with Crippen LogP contribution in [0.3, 0.4) is 0 Å². The standard InChI is InChI=1S/C15H21NO5/c1-2-7-21-15(19)16-6-3-8-20-14-5-4-12(10-17)9-13(14)11-18/h2,4-5,9,17-18H,1,3,6-8,10-11H2,(H,16,19). The molecule has 0 spiro atoms. The van der Waals surface area contributed by atoms with Crippen LogP contribution in [-0.4, -0.2) is 36.1 Å². The van der Waals surface area contributed by atoms with Gasteiger partial charge < -0.3 is 25.0 Å². The van der Waals surface area contributed by atoms with Gasteiger partial charge in [-0.2, -0.15) is 0 Å². The molecule has 0 saturated carbocycles. The van der Waals surface area contributed by atoms with Gasteiger partial charge in [-0.05, 0) is 24.1 Å². The van der Waals surface area contributed by atoms with E-state index in [0.29, 0.717) is 30.9 Å². The number of nitrogens with one attached hydrogen (secondary N) is 1. The SMILES string of the molecule is C=CCOC(=O)NCCCOc1ccc(CO)cc1CO. The van der Waals surface area contributed by atoms with Crippen LogP contribution in [0.4, 0.5) is 4.79 Å². The zero-order valence-corrected chi connectivity index (χ0v) is 11.9. The predicted molar refractivity (Wildman–Crippen MR) is 77.9 cm³/mol. The van der Waals surface area contributed by atoms with Crippen molar-refractivity contribution < 1.29 is 24.5 Å². The highest BCUT2D eigenvalue weighted by molar-refractivity contribution is 5.67. The van der Waals surface area contributed by atoms with Gasteiger partial charge in [0.15, 0.2) is 0 Å². The molecule has 0 fully saturated rings. The molecule has 1 aromatic carbocycles. The molecule has 0 aliphatic carbocycles. The molecule has 6 heteroatoms. The fourth-order valence-corrected chi connectivity index (χ4v) is 1.63. The Morgan fingerprint density at radius 1 is 1.33 bits per heavy atom. The maximum absolute atomic E-state index is 11.1. The van der Waals surface area contributed by atoms with Gasteiger partial charge in [-0.25, -0.2) is 4.79 Å². The van der Waals surface area contributed by atoms with Gasteiger partial charge in [-0.15, -0.1) is 0 Å². The molecule has 116 valence electrons. The molecule has 21 heavy (non-hydrogen) atoms. The van der Waals surface area contributed by atoms with Crippen molar-refractivity contribution in [1.82, 2.24) is 5.32 Å². The Bertz CT molecular complexity index is 461. The number of hydrogen-bond donors (Lipinski definition) is 3. The van der Waals surface area contributed by atoms with Crippen LogP contribution in [0.5, 0.6) is 5.75 Å². The second-order valence-corrected chi connectivity index (χ2v) is 4.27. The topological polar surface area (TPSA) is 88.0 Å². The summed E-state index contributed by atoms with van der Waals surface area (Å²) >= 11 is 0. The molecule has 0 saturated heterocycles. The van der Waals surface area contributed by atoms with Crippen molar-refractivity contribution in [1.29, 1.82) is 0 Å². The van der Waals surface area contributed by atoms with Gasteiger partial charge in [-0.1, -0.05) is 18.7 Å². The number of carbonyl (C=O) groups excluding carboxylic acids is 1. The molecule has 1 rings (SSSR count). The number of rotatable bonds is 9. The van der Waals surface area contributed by atoms with Crippen LogP contribution in [0.2, 0.25) is 0 Å². The fourth-order valence-electron chi connectivity index (χ4n) is 1.63. The first kappa shape index (κ1) is 17.0. The van der Waals surface area contributed by atoms with Crippen molar-refractivity contribution in [2.24, 2.45) is 0 Å². The lowest BCUT2D eigenvalue weighted by Gasteiger charge is -2.11. The van der Waals surface area contributed by atoms with Crippen LogP contribution >= 0.6 is 0 Å². The van der Waals surface area contributed by atoms with Gasteiger partial charge >= 0.3 is 6.09 Å². The third kappa shape index (κ3) is 6.29. The van der Waals surface area contributed by atoms with Crippen molar-refractivity contribution in [3.63, 3.8) is 0 Å². The zero-order chi connectivity index (χ0) is 15.5. The Balaban J connectivity index is 2.29. The second kappa shape index (κ2) is 9.79. The number of alkyl carbamates (subject to hydrolysis) is 1. The monoisotopic (exact) mass is 295 g/mol. The first-order valence-corrected chi connectivity index (χ1v) is 6.69. The number of ether oxygens (including phenoxy) is 2. The number of carbonyl (C=O) groups is 1. The van der Waals surface area contributed by atoms with Gasteiger partial charge in [-0.3, -0.25) is 0 Å². The molecule has 0 atom stereocenters. The zero-order valence-electron chi connectivity index (χ0n) is 11.9. The lowest BCUT2D eigenvalue weighted by Crippen LogP contribution is -2.26. The van der Waals surface area contributed by atoms with Crippen LogP contribution in [0.25, 0.3) is 0 Å². The first-order chi connectivity index (χ1) is 10.2. The van der Waals surface area contributed by atoms with E-state index in [1.807, 2.05) is 0 Å². The molecular formula is C15H21NO5. The minimum Gasteiger partial charge on any atom is -0.493 e. The summed E-state index contributed by atoms with van der Waals surface area (Å²) < 4.78 is 10.3. The Labute approximate surface area is 124 Å². The smallest absolute Gasteiger partial charge is 0.407 e. The quantitative estimate of drug-likeness (QED) is 0.473. The van der Waals surface area contributed by atoms with Crippen LogP contribution < -0.4 is 10.1 Å². The average Bonchev–Trinajstić information content (AvgIpc) is 2.52. The molecule has 6 nitrogen and oxygen atoms in total. The normalized spacial score (nSPS) is 10.0. The molecule has 0 aromatic heterocycles. The summed E-state index contributed by atoms with van der Waals surface area (Å²) in [5, 5.41) is 20.9. The second-order valence-electron chi connectivity index (χ2n) is 4.27. The van der Waals surface area contributed by atoms with E-state index in [2.05, 4.69) is 11.9 Å². The Kier molecular flexibility index (Phi) is 7.93. The Hall–Kier alpha value is -2.05. The molecule has 0 bridgehead atoms. The number of amides is 1. The van der Waals surface area contributed by atoms with E-state index in [4.69, 9.17) is 14.6 Å². The maximum Gasteiger partial charge on any atom is 0.407 e. The van der Waals surface area contributed by atoms with Crippen molar-refractivity contribution in [2.75, 3.05) is 19.8 Å². The Morgan fingerprint density at radius 3 is 2.81 bits per heavy atom. The molecule has 0 aliphatic heterocycles. The highest BCUT2D eigenvalue weighted by atomic mass is 16.5. The van der Waals surface area contributed by atoms with Crippen molar-refractivity contribution in [2.45, 2.75) is 19.6 Å². The van der Waals surface area contributed by atoms with E-state index in [-0.39, 0.29) is 19.8 Å². The van der Waals surface area contributed by atoms with Crippen LogP contribution in [0, 0.1) is 0 Å². The number of aliphatic hydroxyl groups is 2. The summed E-state index contributed by atoms with van der Waals surface area (Å²) in [6.07, 6.45) is 1.61. The highest BCUT2D eigenvalue weighted by Gasteiger charge is 2.05. The molecule has 1 aromatic rings. The lowest BCUT2D eigenvalue weighted by atomic mass is 10.1. The largest absolute Gasteiger partial charge is 0.493 e. The Morgan fingerprint density at radius 2 is 2.14 bits per heavy atom. The lowest BCUT2D eigenvalue weighted by molar-refractivity contribution is 0.157. The van der Waals surface area contributed by atoms with Crippen LogP contribution in [0.15, 0.2) is 30.9 Å². The van der Waals surface area contributed by atoms with Crippen molar-refractivity contribution in [3.8, 4) is 5.75 Å². The summed E-state index contributed by atoms with van der Waals surface area (Å²) in [6.45, 7) is 4.21. The summed E-state index contributed by atoms with van der Waals surface area (Å²) in [4.78, 5) is 11.1. The predicted octanol–water partition coefficient (Wildman–Crippen LogP) is 1.35. The third-order valence-corrected chi connectivity index (χ3v) is 2.66. The van der Waals surface area contributed by atoms with E-state index in [0.717, 1.165) is 5.56 Å². The van der Waals surface area contributed by atoms with E-state index in [9.17, 15) is 9.90 Å². The third-order valence-electron chi connectivity index (χ3n) is 2.66. The first-order valence-electron chi connectivity index (χ1n) is 6.69. The summed E-state index contributed by atoms with van der Waals surface area (Å²) in [5.41, 5.74) is 1.35.